The minimum atomic E-state index is -2.80. The van der Waals surface area contributed by atoms with Gasteiger partial charge in [0, 0.05) is 31.7 Å². The third kappa shape index (κ3) is 4.47. The molecule has 6 rings (SSSR count). The number of Topliss-reactive ketones (excluding diaryl/α,β-unsaturated/α-hetero) is 4. The average molecular weight is 610 g/mol. The molecule has 2 amide bonds. The standard InChI is InChI=1S/C31H39N5O8/c1-35(2)19-10-18(34-20(37)11-33-15-6-12-5-13(12)7-15)25(38)22-16(19)8-14-9-17-24(36(3)4)27(40)23(30(32)43)29(42)31(17,44)28(41)21(14)26(22)39/h10,12-15,17,21,23-24,33,38,44H,5-9,11H2,1-4H3,(H2,32,43)(H,34,37)/t12?,13?,14-,15?,17-,21?,23?,24-,31-/m0/s1. The number of nitrogens with zero attached hydrogens (tertiary/aromatic N) is 2. The van der Waals surface area contributed by atoms with Crippen molar-refractivity contribution in [1.82, 2.24) is 10.2 Å². The van der Waals surface area contributed by atoms with Gasteiger partial charge in [0.1, 0.15) is 5.75 Å². The molecule has 1 aromatic carbocycles. The predicted octanol–water partition coefficient (Wildman–Crippen LogP) is -0.740. The minimum Gasteiger partial charge on any atom is -0.505 e. The zero-order valence-corrected chi connectivity index (χ0v) is 25.3. The number of amides is 2. The second-order valence-corrected chi connectivity index (χ2v) is 13.7. The first-order chi connectivity index (χ1) is 20.7. The van der Waals surface area contributed by atoms with Crippen LogP contribution in [0.2, 0.25) is 0 Å². The highest BCUT2D eigenvalue weighted by Crippen LogP contribution is 2.53. The van der Waals surface area contributed by atoms with E-state index in [0.29, 0.717) is 11.3 Å². The Morgan fingerprint density at radius 2 is 1.66 bits per heavy atom. The van der Waals surface area contributed by atoms with Gasteiger partial charge in [-0.2, -0.15) is 0 Å². The number of aromatic hydroxyl groups is 1. The van der Waals surface area contributed by atoms with E-state index in [-0.39, 0.29) is 36.7 Å². The van der Waals surface area contributed by atoms with Crippen LogP contribution in [0.25, 0.3) is 0 Å². The Balaban J connectivity index is 1.34. The zero-order valence-electron chi connectivity index (χ0n) is 25.3. The van der Waals surface area contributed by atoms with Crippen molar-refractivity contribution < 1.29 is 39.0 Å². The fourth-order valence-corrected chi connectivity index (χ4v) is 8.46. The molecule has 5 aliphatic carbocycles. The fraction of sp³-hybridized carbons (Fsp3) is 0.613. The topological polar surface area (TPSA) is 199 Å². The molecule has 0 radical (unpaired) electrons. The Morgan fingerprint density at radius 1 is 1.00 bits per heavy atom. The number of nitrogens with one attached hydrogen (secondary N) is 2. The molecule has 4 unspecified atom stereocenters. The summed E-state index contributed by atoms with van der Waals surface area (Å²) < 4.78 is 0. The van der Waals surface area contributed by atoms with E-state index < -0.39 is 76.0 Å². The van der Waals surface area contributed by atoms with Crippen molar-refractivity contribution in [3.05, 3.63) is 17.2 Å². The number of nitrogens with two attached hydrogens (primary N) is 1. The summed E-state index contributed by atoms with van der Waals surface area (Å²) in [5, 5.41) is 29.1. The van der Waals surface area contributed by atoms with Gasteiger partial charge in [-0.15, -0.1) is 0 Å². The van der Waals surface area contributed by atoms with Crippen molar-refractivity contribution >= 4 is 46.3 Å². The Hall–Kier alpha value is -3.68. The molecular formula is C31H39N5O8. The van der Waals surface area contributed by atoms with E-state index in [4.69, 9.17) is 5.73 Å². The van der Waals surface area contributed by atoms with E-state index in [9.17, 15) is 39.0 Å². The van der Waals surface area contributed by atoms with Crippen LogP contribution in [0.3, 0.4) is 0 Å². The lowest BCUT2D eigenvalue weighted by Gasteiger charge is -2.52. The molecule has 8 atom stereocenters. The fourth-order valence-electron chi connectivity index (χ4n) is 8.46. The summed E-state index contributed by atoms with van der Waals surface area (Å²) in [4.78, 5) is 83.2. The number of ketones is 4. The highest BCUT2D eigenvalue weighted by Gasteiger charge is 2.69. The normalized spacial score (nSPS) is 35.5. The summed E-state index contributed by atoms with van der Waals surface area (Å²) in [7, 11) is 6.57. The maximum Gasteiger partial charge on any atom is 0.238 e. The molecule has 0 aliphatic heterocycles. The molecule has 0 spiro atoms. The number of carbonyl (C=O) groups excluding carboxylic acids is 6. The van der Waals surface area contributed by atoms with Gasteiger partial charge in [0.15, 0.2) is 34.7 Å². The van der Waals surface area contributed by atoms with Crippen LogP contribution in [0.15, 0.2) is 6.07 Å². The minimum absolute atomic E-state index is 0.000898. The van der Waals surface area contributed by atoms with Crippen LogP contribution in [-0.4, -0.2) is 102 Å². The highest BCUT2D eigenvalue weighted by molar-refractivity contribution is 6.32. The van der Waals surface area contributed by atoms with Crippen molar-refractivity contribution in [3.63, 3.8) is 0 Å². The molecule has 0 aromatic heterocycles. The van der Waals surface area contributed by atoms with Gasteiger partial charge in [-0.3, -0.25) is 33.7 Å². The van der Waals surface area contributed by atoms with E-state index in [0.717, 1.165) is 24.7 Å². The molecule has 1 aromatic rings. The van der Waals surface area contributed by atoms with E-state index >= 15 is 0 Å². The van der Waals surface area contributed by atoms with Crippen molar-refractivity contribution in [2.24, 2.45) is 41.2 Å². The molecule has 236 valence electrons. The van der Waals surface area contributed by atoms with Gasteiger partial charge >= 0.3 is 0 Å². The number of rotatable bonds is 7. The van der Waals surface area contributed by atoms with Crippen LogP contribution in [0.5, 0.6) is 5.75 Å². The monoisotopic (exact) mass is 609 g/mol. The maximum absolute atomic E-state index is 14.1. The van der Waals surface area contributed by atoms with E-state index in [1.807, 2.05) is 0 Å². The van der Waals surface area contributed by atoms with Gasteiger partial charge in [-0.1, -0.05) is 0 Å². The summed E-state index contributed by atoms with van der Waals surface area (Å²) >= 11 is 0. The number of fused-ring (bicyclic) bond motifs is 4. The SMILES string of the molecule is CN(C)c1cc(NC(=O)CNC2CC3CC3C2)c(O)c2c1C[C@H]1C[C@H]3[C@H](N(C)C)C(=O)C(C(N)=O)C(=O)[C@@]3(O)C(=O)C1C2=O. The summed E-state index contributed by atoms with van der Waals surface area (Å²) in [5.74, 6) is -10.1. The first-order valence-corrected chi connectivity index (χ1v) is 15.1. The quantitative estimate of drug-likeness (QED) is 0.193. The molecule has 0 bridgehead atoms. The van der Waals surface area contributed by atoms with Gasteiger partial charge in [-0.05, 0) is 75.6 Å². The molecular weight excluding hydrogens is 570 g/mol. The molecule has 44 heavy (non-hydrogen) atoms. The second-order valence-electron chi connectivity index (χ2n) is 13.7. The molecule has 6 N–H and O–H groups in total. The maximum atomic E-state index is 14.1. The van der Waals surface area contributed by atoms with Crippen LogP contribution in [-0.2, 0) is 30.4 Å². The van der Waals surface area contributed by atoms with E-state index in [1.165, 1.54) is 11.3 Å². The van der Waals surface area contributed by atoms with E-state index in [1.54, 1.807) is 39.2 Å². The van der Waals surface area contributed by atoms with Crippen molar-refractivity contribution in [2.45, 2.75) is 49.8 Å². The number of phenols is 1. The number of hydrogen-bond donors (Lipinski definition) is 5. The lowest BCUT2D eigenvalue weighted by atomic mass is 9.52. The number of primary amides is 1. The van der Waals surface area contributed by atoms with Crippen molar-refractivity contribution in [1.29, 1.82) is 0 Å². The Kier molecular flexibility index (Phi) is 7.21. The van der Waals surface area contributed by atoms with Crippen molar-refractivity contribution in [2.75, 3.05) is 45.0 Å². The van der Waals surface area contributed by atoms with Gasteiger partial charge in [0.2, 0.25) is 11.8 Å². The summed E-state index contributed by atoms with van der Waals surface area (Å²) in [6, 6.07) is 0.683. The van der Waals surface area contributed by atoms with Crippen molar-refractivity contribution in [3.8, 4) is 5.75 Å². The summed E-state index contributed by atoms with van der Waals surface area (Å²) in [6.07, 6.45) is 3.43. The average Bonchev–Trinajstić information content (AvgIpc) is 3.55. The number of aliphatic hydroxyl groups is 1. The van der Waals surface area contributed by atoms with Crippen LogP contribution in [0.4, 0.5) is 11.4 Å². The molecule has 0 heterocycles. The summed E-state index contributed by atoms with van der Waals surface area (Å²) in [6.45, 7) is 0.0262. The summed E-state index contributed by atoms with van der Waals surface area (Å²) in [5.41, 5.74) is 3.43. The molecule has 13 heteroatoms. The van der Waals surface area contributed by atoms with Crippen LogP contribution < -0.4 is 21.3 Å². The Labute approximate surface area is 254 Å². The number of hydrogen-bond acceptors (Lipinski definition) is 11. The smallest absolute Gasteiger partial charge is 0.238 e. The van der Waals surface area contributed by atoms with Crippen LogP contribution >= 0.6 is 0 Å². The molecule has 13 nitrogen and oxygen atoms in total. The van der Waals surface area contributed by atoms with E-state index in [2.05, 4.69) is 10.6 Å². The lowest BCUT2D eigenvalue weighted by molar-refractivity contribution is -0.181. The number of phenolic OH excluding ortho intramolecular Hbond substituents is 1. The molecule has 5 aliphatic rings. The first-order valence-electron chi connectivity index (χ1n) is 15.1. The zero-order chi connectivity index (χ0) is 32.0. The Morgan fingerprint density at radius 3 is 2.25 bits per heavy atom. The third-order valence-corrected chi connectivity index (χ3v) is 10.6. The number of benzene rings is 1. The Bertz CT molecular complexity index is 1500. The van der Waals surface area contributed by atoms with Crippen LogP contribution in [0.1, 0.15) is 41.6 Å². The molecule has 4 saturated carbocycles. The lowest BCUT2D eigenvalue weighted by Crippen LogP contribution is -2.74. The largest absolute Gasteiger partial charge is 0.505 e. The van der Waals surface area contributed by atoms with Gasteiger partial charge in [0.25, 0.3) is 0 Å². The molecule has 0 saturated heterocycles. The first kappa shape index (κ1) is 30.4. The third-order valence-electron chi connectivity index (χ3n) is 10.6. The van der Waals surface area contributed by atoms with Gasteiger partial charge in [0.05, 0.1) is 29.8 Å². The number of anilines is 2. The van der Waals surface area contributed by atoms with Gasteiger partial charge in [-0.25, -0.2) is 0 Å². The number of likely N-dealkylation sites (N-methyl/N-ethyl adjacent to an activating group) is 1. The van der Waals surface area contributed by atoms with Gasteiger partial charge < -0.3 is 31.5 Å². The second kappa shape index (κ2) is 10.5. The predicted molar refractivity (Wildman–Crippen MR) is 157 cm³/mol. The van der Waals surface area contributed by atoms with Crippen LogP contribution in [0, 0.1) is 35.5 Å². The molecule has 4 fully saturated rings. The number of carbonyl (C=O) groups is 6. The highest BCUT2D eigenvalue weighted by atomic mass is 16.3.